The summed E-state index contributed by atoms with van der Waals surface area (Å²) in [5, 5.41) is 7.38. The van der Waals surface area contributed by atoms with Crippen LogP contribution in [0.25, 0.3) is 44.8 Å². The molecule has 1 aliphatic heterocycles. The van der Waals surface area contributed by atoms with Crippen LogP contribution in [0.2, 0.25) is 0 Å². The third kappa shape index (κ3) is 3.97. The van der Waals surface area contributed by atoms with Crippen LogP contribution in [-0.4, -0.2) is 48.1 Å². The number of imidazole rings is 1. The molecule has 5 aromatic rings. The van der Waals surface area contributed by atoms with Crippen molar-refractivity contribution in [2.24, 2.45) is 0 Å². The topological polar surface area (TPSA) is 86.4 Å². The van der Waals surface area contributed by atoms with Gasteiger partial charge in [0.1, 0.15) is 11.5 Å². The molecule has 2 N–H and O–H groups in total. The summed E-state index contributed by atoms with van der Waals surface area (Å²) in [4.78, 5) is 19.5. The zero-order valence-electron chi connectivity index (χ0n) is 18.6. The van der Waals surface area contributed by atoms with Crippen molar-refractivity contribution in [1.82, 2.24) is 35.0 Å². The van der Waals surface area contributed by atoms with Gasteiger partial charge in [0.25, 0.3) is 0 Å². The molecule has 4 aromatic heterocycles. The fourth-order valence-electron chi connectivity index (χ4n) is 4.70. The largest absolute Gasteiger partial charge is 0.335 e. The Hall–Kier alpha value is -3.91. The summed E-state index contributed by atoms with van der Waals surface area (Å²) in [7, 11) is 0. The Balaban J connectivity index is 1.36. The molecule has 6 rings (SSSR count). The second-order valence-electron chi connectivity index (χ2n) is 8.76. The standard InChI is InChI=1S/C26H24FN7/c27-20-6-4-5-18(10-20)21-13-29-15-23-24(21)32-26(31-23)25-22(14-30-33-25)19-9-17(11-28-12-19)16-34-7-2-1-3-8-34/h4-6,9-15H,1-3,7-8,16H2,(H,30,33)(H,31,32). The van der Waals surface area contributed by atoms with Crippen LogP contribution in [0.15, 0.2) is 61.3 Å². The minimum atomic E-state index is -0.293. The van der Waals surface area contributed by atoms with E-state index in [1.807, 2.05) is 18.5 Å². The number of piperidine rings is 1. The van der Waals surface area contributed by atoms with Crippen LogP contribution in [0.5, 0.6) is 0 Å². The molecule has 0 radical (unpaired) electrons. The van der Waals surface area contributed by atoms with E-state index >= 15 is 0 Å². The van der Waals surface area contributed by atoms with Crippen molar-refractivity contribution in [2.45, 2.75) is 25.8 Å². The summed E-state index contributed by atoms with van der Waals surface area (Å²) in [5.74, 6) is 0.354. The summed E-state index contributed by atoms with van der Waals surface area (Å²) >= 11 is 0. The molecule has 1 aromatic carbocycles. The van der Waals surface area contributed by atoms with Crippen LogP contribution in [0, 0.1) is 5.82 Å². The number of nitrogens with zero attached hydrogens (tertiary/aromatic N) is 5. The van der Waals surface area contributed by atoms with E-state index < -0.39 is 0 Å². The summed E-state index contributed by atoms with van der Waals surface area (Å²) in [5.41, 5.74) is 6.88. The molecule has 0 unspecified atom stereocenters. The van der Waals surface area contributed by atoms with E-state index in [0.717, 1.165) is 58.6 Å². The lowest BCUT2D eigenvalue weighted by Gasteiger charge is -2.26. The van der Waals surface area contributed by atoms with Crippen molar-refractivity contribution < 1.29 is 4.39 Å². The molecule has 1 saturated heterocycles. The lowest BCUT2D eigenvalue weighted by Crippen LogP contribution is -2.29. The highest BCUT2D eigenvalue weighted by Gasteiger charge is 2.18. The Morgan fingerprint density at radius 3 is 2.65 bits per heavy atom. The Labute approximate surface area is 196 Å². The first-order valence-corrected chi connectivity index (χ1v) is 11.5. The van der Waals surface area contributed by atoms with Crippen molar-refractivity contribution in [3.8, 4) is 33.8 Å². The second-order valence-corrected chi connectivity index (χ2v) is 8.76. The number of hydrogen-bond donors (Lipinski definition) is 2. The van der Waals surface area contributed by atoms with E-state index in [-0.39, 0.29) is 5.82 Å². The van der Waals surface area contributed by atoms with Crippen LogP contribution < -0.4 is 0 Å². The van der Waals surface area contributed by atoms with Gasteiger partial charge in [-0.3, -0.25) is 20.0 Å². The second kappa shape index (κ2) is 8.79. The Morgan fingerprint density at radius 1 is 0.882 bits per heavy atom. The molecule has 8 heteroatoms. The fraction of sp³-hybridized carbons (Fsp3) is 0.231. The first-order chi connectivity index (χ1) is 16.7. The average Bonchev–Trinajstić information content (AvgIpc) is 3.52. The molecule has 1 aliphatic rings. The van der Waals surface area contributed by atoms with Crippen molar-refractivity contribution in [1.29, 1.82) is 0 Å². The highest BCUT2D eigenvalue weighted by Crippen LogP contribution is 2.33. The number of aromatic amines is 2. The van der Waals surface area contributed by atoms with Gasteiger partial charge in [0.2, 0.25) is 0 Å². The van der Waals surface area contributed by atoms with Gasteiger partial charge in [-0.15, -0.1) is 0 Å². The predicted molar refractivity (Wildman–Crippen MR) is 129 cm³/mol. The normalized spacial score (nSPS) is 14.6. The van der Waals surface area contributed by atoms with Gasteiger partial charge >= 0.3 is 0 Å². The minimum Gasteiger partial charge on any atom is -0.335 e. The van der Waals surface area contributed by atoms with Gasteiger partial charge in [-0.2, -0.15) is 5.10 Å². The summed E-state index contributed by atoms with van der Waals surface area (Å²) < 4.78 is 13.8. The molecule has 170 valence electrons. The van der Waals surface area contributed by atoms with Crippen molar-refractivity contribution in [3.05, 3.63) is 72.7 Å². The molecular formula is C26H24FN7. The maximum atomic E-state index is 13.8. The number of benzene rings is 1. The predicted octanol–water partition coefficient (Wildman–Crippen LogP) is 5.20. The zero-order valence-corrected chi connectivity index (χ0v) is 18.6. The SMILES string of the molecule is Fc1cccc(-c2cncc3[nH]c(-c4[nH]ncc4-c4cncc(CN5CCCCC5)c4)nc23)c1. The van der Waals surface area contributed by atoms with Crippen LogP contribution in [0.4, 0.5) is 4.39 Å². The number of nitrogens with one attached hydrogen (secondary N) is 2. The van der Waals surface area contributed by atoms with Crippen LogP contribution >= 0.6 is 0 Å². The molecule has 1 fully saturated rings. The molecule has 0 amide bonds. The van der Waals surface area contributed by atoms with Gasteiger partial charge in [0.15, 0.2) is 5.82 Å². The lowest BCUT2D eigenvalue weighted by molar-refractivity contribution is 0.220. The molecule has 0 saturated carbocycles. The first kappa shape index (κ1) is 20.7. The van der Waals surface area contributed by atoms with E-state index in [2.05, 4.69) is 36.1 Å². The van der Waals surface area contributed by atoms with E-state index in [0.29, 0.717) is 5.82 Å². The molecule has 0 aliphatic carbocycles. The number of H-pyrrole nitrogens is 2. The number of fused-ring (bicyclic) bond motifs is 1. The quantitative estimate of drug-likeness (QED) is 0.382. The molecule has 7 nitrogen and oxygen atoms in total. The van der Waals surface area contributed by atoms with E-state index in [4.69, 9.17) is 4.98 Å². The lowest BCUT2D eigenvalue weighted by atomic mass is 10.1. The Morgan fingerprint density at radius 2 is 1.76 bits per heavy atom. The number of likely N-dealkylation sites (tertiary alicyclic amines) is 1. The molecular weight excluding hydrogens is 429 g/mol. The van der Waals surface area contributed by atoms with Gasteiger partial charge in [-0.05, 0) is 55.3 Å². The van der Waals surface area contributed by atoms with Gasteiger partial charge in [-0.1, -0.05) is 18.6 Å². The first-order valence-electron chi connectivity index (χ1n) is 11.5. The molecule has 0 bridgehead atoms. The highest BCUT2D eigenvalue weighted by atomic mass is 19.1. The van der Waals surface area contributed by atoms with Crippen molar-refractivity contribution >= 4 is 11.0 Å². The maximum Gasteiger partial charge on any atom is 0.157 e. The van der Waals surface area contributed by atoms with Gasteiger partial charge in [0, 0.05) is 41.8 Å². The van der Waals surface area contributed by atoms with E-state index in [1.165, 1.54) is 37.0 Å². The summed E-state index contributed by atoms with van der Waals surface area (Å²) in [6.45, 7) is 3.19. The Bertz CT molecular complexity index is 1450. The van der Waals surface area contributed by atoms with Crippen molar-refractivity contribution in [3.63, 3.8) is 0 Å². The number of pyridine rings is 2. The number of aromatic nitrogens is 6. The number of hydrogen-bond acceptors (Lipinski definition) is 5. The van der Waals surface area contributed by atoms with Gasteiger partial charge in [0.05, 0.1) is 23.4 Å². The Kier molecular flexibility index (Phi) is 5.35. The van der Waals surface area contributed by atoms with Crippen molar-refractivity contribution in [2.75, 3.05) is 13.1 Å². The fourth-order valence-corrected chi connectivity index (χ4v) is 4.70. The van der Waals surface area contributed by atoms with Crippen LogP contribution in [0.3, 0.4) is 0 Å². The third-order valence-corrected chi connectivity index (χ3v) is 6.37. The van der Waals surface area contributed by atoms with Gasteiger partial charge < -0.3 is 4.98 Å². The smallest absolute Gasteiger partial charge is 0.157 e. The minimum absolute atomic E-state index is 0.293. The van der Waals surface area contributed by atoms with Crippen LogP contribution in [0.1, 0.15) is 24.8 Å². The molecule has 5 heterocycles. The average molecular weight is 454 g/mol. The number of rotatable bonds is 5. The molecule has 0 spiro atoms. The van der Waals surface area contributed by atoms with Crippen LogP contribution in [-0.2, 0) is 6.54 Å². The van der Waals surface area contributed by atoms with E-state index in [9.17, 15) is 4.39 Å². The molecule has 34 heavy (non-hydrogen) atoms. The molecule has 0 atom stereocenters. The maximum absolute atomic E-state index is 13.8. The van der Waals surface area contributed by atoms with Gasteiger partial charge in [-0.25, -0.2) is 9.37 Å². The highest BCUT2D eigenvalue weighted by molar-refractivity contribution is 5.93. The zero-order chi connectivity index (χ0) is 22.9. The summed E-state index contributed by atoms with van der Waals surface area (Å²) in [6.07, 6.45) is 12.9. The monoisotopic (exact) mass is 453 g/mol. The number of halogens is 1. The van der Waals surface area contributed by atoms with E-state index in [1.54, 1.807) is 24.7 Å². The third-order valence-electron chi connectivity index (χ3n) is 6.37. The summed E-state index contributed by atoms with van der Waals surface area (Å²) in [6, 6.07) is 8.64.